The second-order valence-electron chi connectivity index (χ2n) is 5.40. The molecule has 0 aliphatic heterocycles. The van der Waals surface area contributed by atoms with E-state index in [-0.39, 0.29) is 11.5 Å². The van der Waals surface area contributed by atoms with Crippen molar-refractivity contribution in [2.24, 2.45) is 11.8 Å². The van der Waals surface area contributed by atoms with E-state index in [1.807, 2.05) is 11.9 Å². The molecular formula is C14H18N2O3. The number of non-ortho nitro benzene ring substituents is 1. The highest BCUT2D eigenvalue weighted by molar-refractivity contribution is 5.98. The molecule has 1 aliphatic rings. The van der Waals surface area contributed by atoms with Crippen molar-refractivity contribution in [3.05, 3.63) is 39.9 Å². The Hall–Kier alpha value is -1.75. The molecule has 2 unspecified atom stereocenters. The van der Waals surface area contributed by atoms with Crippen LogP contribution in [-0.4, -0.2) is 35.7 Å². The van der Waals surface area contributed by atoms with Crippen molar-refractivity contribution in [3.8, 4) is 0 Å². The summed E-state index contributed by atoms with van der Waals surface area (Å²) in [5.74, 6) is 1.39. The molecule has 1 saturated carbocycles. The van der Waals surface area contributed by atoms with Gasteiger partial charge in [0.15, 0.2) is 5.78 Å². The molecule has 1 fully saturated rings. The van der Waals surface area contributed by atoms with Gasteiger partial charge in [-0.3, -0.25) is 19.8 Å². The monoisotopic (exact) mass is 262 g/mol. The lowest BCUT2D eigenvalue weighted by Crippen LogP contribution is -2.28. The summed E-state index contributed by atoms with van der Waals surface area (Å²) in [6.07, 6.45) is 1.23. The summed E-state index contributed by atoms with van der Waals surface area (Å²) in [7, 11) is 1.92. The first-order valence-electron chi connectivity index (χ1n) is 6.43. The first kappa shape index (κ1) is 13.7. The summed E-state index contributed by atoms with van der Waals surface area (Å²) >= 11 is 0. The summed E-state index contributed by atoms with van der Waals surface area (Å²) < 4.78 is 0. The second-order valence-corrected chi connectivity index (χ2v) is 5.40. The summed E-state index contributed by atoms with van der Waals surface area (Å²) in [6, 6.07) is 5.92. The Kier molecular flexibility index (Phi) is 3.95. The number of benzene rings is 1. The predicted molar refractivity (Wildman–Crippen MR) is 72.2 cm³/mol. The number of hydrogen-bond donors (Lipinski definition) is 0. The van der Waals surface area contributed by atoms with Gasteiger partial charge < -0.3 is 0 Å². The van der Waals surface area contributed by atoms with Gasteiger partial charge in [-0.05, 0) is 25.3 Å². The van der Waals surface area contributed by atoms with E-state index < -0.39 is 4.92 Å². The van der Waals surface area contributed by atoms with Gasteiger partial charge >= 0.3 is 0 Å². The Bertz CT molecular complexity index is 501. The molecule has 19 heavy (non-hydrogen) atoms. The fraction of sp³-hybridized carbons (Fsp3) is 0.500. The van der Waals surface area contributed by atoms with Gasteiger partial charge in [0.1, 0.15) is 0 Å². The molecule has 2 rings (SSSR count). The SMILES string of the molecule is CC1CC1CN(C)CC(=O)c1cccc([N+](=O)[O-])c1. The third-order valence-electron chi connectivity index (χ3n) is 3.61. The van der Waals surface area contributed by atoms with Crippen LogP contribution in [0.2, 0.25) is 0 Å². The Labute approximate surface area is 112 Å². The van der Waals surface area contributed by atoms with Crippen LogP contribution in [0.15, 0.2) is 24.3 Å². The molecule has 1 aliphatic carbocycles. The maximum Gasteiger partial charge on any atom is 0.270 e. The molecule has 5 heteroatoms. The first-order chi connectivity index (χ1) is 8.97. The molecule has 1 aromatic carbocycles. The molecule has 0 aromatic heterocycles. The molecule has 2 atom stereocenters. The van der Waals surface area contributed by atoms with Gasteiger partial charge in [-0.15, -0.1) is 0 Å². The number of Topliss-reactive ketones (excluding diaryl/α,β-unsaturated/α-hetero) is 1. The number of likely N-dealkylation sites (N-methyl/N-ethyl adjacent to an activating group) is 1. The third kappa shape index (κ3) is 3.61. The minimum Gasteiger partial charge on any atom is -0.299 e. The summed E-state index contributed by atoms with van der Waals surface area (Å²) in [5, 5.41) is 10.7. The van der Waals surface area contributed by atoms with E-state index in [2.05, 4.69) is 6.92 Å². The largest absolute Gasteiger partial charge is 0.299 e. The molecular weight excluding hydrogens is 244 g/mol. The Morgan fingerprint density at radius 1 is 1.53 bits per heavy atom. The highest BCUT2D eigenvalue weighted by atomic mass is 16.6. The molecule has 0 bridgehead atoms. The number of nitrogens with zero attached hydrogens (tertiary/aromatic N) is 2. The van der Waals surface area contributed by atoms with Crippen molar-refractivity contribution in [1.82, 2.24) is 4.90 Å². The number of hydrogen-bond acceptors (Lipinski definition) is 4. The van der Waals surface area contributed by atoms with E-state index in [1.165, 1.54) is 18.6 Å². The van der Waals surface area contributed by atoms with Crippen LogP contribution >= 0.6 is 0 Å². The molecule has 0 amide bonds. The number of carbonyl (C=O) groups is 1. The smallest absolute Gasteiger partial charge is 0.270 e. The van der Waals surface area contributed by atoms with Crippen LogP contribution in [0.4, 0.5) is 5.69 Å². The maximum atomic E-state index is 12.0. The molecule has 1 aromatic rings. The Morgan fingerprint density at radius 3 is 2.79 bits per heavy atom. The van der Waals surface area contributed by atoms with Gasteiger partial charge in [0, 0.05) is 24.2 Å². The summed E-state index contributed by atoms with van der Waals surface area (Å²) in [4.78, 5) is 24.2. The fourth-order valence-electron chi connectivity index (χ4n) is 2.25. The average molecular weight is 262 g/mol. The summed E-state index contributed by atoms with van der Waals surface area (Å²) in [5.41, 5.74) is 0.370. The van der Waals surface area contributed by atoms with E-state index in [0.29, 0.717) is 18.0 Å². The topological polar surface area (TPSA) is 63.5 Å². The zero-order valence-electron chi connectivity index (χ0n) is 11.2. The second kappa shape index (κ2) is 5.48. The van der Waals surface area contributed by atoms with Crippen LogP contribution < -0.4 is 0 Å². The van der Waals surface area contributed by atoms with Gasteiger partial charge in [0.2, 0.25) is 0 Å². The fourth-order valence-corrected chi connectivity index (χ4v) is 2.25. The van der Waals surface area contributed by atoms with Crippen molar-refractivity contribution >= 4 is 11.5 Å². The number of carbonyl (C=O) groups excluding carboxylic acids is 1. The zero-order valence-corrected chi connectivity index (χ0v) is 11.2. The van der Waals surface area contributed by atoms with E-state index in [9.17, 15) is 14.9 Å². The lowest BCUT2D eigenvalue weighted by atomic mass is 10.1. The molecule has 0 saturated heterocycles. The first-order valence-corrected chi connectivity index (χ1v) is 6.43. The molecule has 0 spiro atoms. The molecule has 5 nitrogen and oxygen atoms in total. The van der Waals surface area contributed by atoms with Gasteiger partial charge in [-0.2, -0.15) is 0 Å². The lowest BCUT2D eigenvalue weighted by molar-refractivity contribution is -0.384. The van der Waals surface area contributed by atoms with Crippen molar-refractivity contribution in [2.45, 2.75) is 13.3 Å². The normalized spacial score (nSPS) is 21.4. The Balaban J connectivity index is 1.95. The number of nitro benzene ring substituents is 1. The van der Waals surface area contributed by atoms with Gasteiger partial charge in [0.25, 0.3) is 5.69 Å². The number of rotatable bonds is 6. The third-order valence-corrected chi connectivity index (χ3v) is 3.61. The van der Waals surface area contributed by atoms with Crippen molar-refractivity contribution in [2.75, 3.05) is 20.1 Å². The van der Waals surface area contributed by atoms with Crippen LogP contribution in [0.1, 0.15) is 23.7 Å². The van der Waals surface area contributed by atoms with Crippen LogP contribution in [0.25, 0.3) is 0 Å². The average Bonchev–Trinajstić information content (AvgIpc) is 3.04. The zero-order chi connectivity index (χ0) is 14.0. The lowest BCUT2D eigenvalue weighted by Gasteiger charge is -2.15. The van der Waals surface area contributed by atoms with Crippen LogP contribution in [0.3, 0.4) is 0 Å². The molecule has 102 valence electrons. The predicted octanol–water partition coefficient (Wildman–Crippen LogP) is 2.37. The standard InChI is InChI=1S/C14H18N2O3/c1-10-6-12(10)8-15(2)9-14(17)11-4-3-5-13(7-11)16(18)19/h3-5,7,10,12H,6,8-9H2,1-2H3. The highest BCUT2D eigenvalue weighted by Gasteiger charge is 2.33. The van der Waals surface area contributed by atoms with E-state index in [4.69, 9.17) is 0 Å². The number of ketones is 1. The quantitative estimate of drug-likeness (QED) is 0.448. The van der Waals surface area contributed by atoms with Gasteiger partial charge in [-0.1, -0.05) is 19.1 Å². The molecule has 0 heterocycles. The van der Waals surface area contributed by atoms with Crippen molar-refractivity contribution in [3.63, 3.8) is 0 Å². The van der Waals surface area contributed by atoms with E-state index in [1.54, 1.807) is 12.1 Å². The van der Waals surface area contributed by atoms with Crippen molar-refractivity contribution in [1.29, 1.82) is 0 Å². The van der Waals surface area contributed by atoms with Crippen molar-refractivity contribution < 1.29 is 9.72 Å². The maximum absolute atomic E-state index is 12.0. The highest BCUT2D eigenvalue weighted by Crippen LogP contribution is 2.37. The molecule has 0 radical (unpaired) electrons. The molecule has 0 N–H and O–H groups in total. The van der Waals surface area contributed by atoms with Crippen LogP contribution in [-0.2, 0) is 0 Å². The van der Waals surface area contributed by atoms with Crippen LogP contribution in [0.5, 0.6) is 0 Å². The van der Waals surface area contributed by atoms with Crippen LogP contribution in [0, 0.1) is 22.0 Å². The number of nitro groups is 1. The van der Waals surface area contributed by atoms with Gasteiger partial charge in [-0.25, -0.2) is 0 Å². The minimum absolute atomic E-state index is 0.0377. The van der Waals surface area contributed by atoms with E-state index >= 15 is 0 Å². The van der Waals surface area contributed by atoms with E-state index in [0.717, 1.165) is 12.5 Å². The summed E-state index contributed by atoms with van der Waals surface area (Å²) in [6.45, 7) is 3.44. The van der Waals surface area contributed by atoms with Gasteiger partial charge in [0.05, 0.1) is 11.5 Å². The minimum atomic E-state index is -0.480. The Morgan fingerprint density at radius 2 is 2.21 bits per heavy atom.